The van der Waals surface area contributed by atoms with Gasteiger partial charge in [0.1, 0.15) is 0 Å². The molecule has 1 aromatic carbocycles. The van der Waals surface area contributed by atoms with Gasteiger partial charge in [-0.1, -0.05) is 18.2 Å². The quantitative estimate of drug-likeness (QED) is 0.711. The highest BCUT2D eigenvalue weighted by Gasteiger charge is 2.25. The third-order valence-corrected chi connectivity index (χ3v) is 5.99. The molecule has 0 radical (unpaired) electrons. The number of benzene rings is 1. The maximum atomic E-state index is 12.5. The SMILES string of the molecule is Cc1ccc(-c2cc(C(=O)NC3CCN(C(=O)c4ccccc4)CC3)n[nH]2)s1. The van der Waals surface area contributed by atoms with Crippen LogP contribution in [0.4, 0.5) is 0 Å². The largest absolute Gasteiger partial charge is 0.348 e. The molecule has 3 heterocycles. The second kappa shape index (κ2) is 7.98. The number of piperidine rings is 1. The van der Waals surface area contributed by atoms with Gasteiger partial charge in [0.25, 0.3) is 11.8 Å². The summed E-state index contributed by atoms with van der Waals surface area (Å²) in [6, 6.07) is 15.2. The van der Waals surface area contributed by atoms with Crippen LogP contribution in [0.15, 0.2) is 48.5 Å². The van der Waals surface area contributed by atoms with Gasteiger partial charge >= 0.3 is 0 Å². The molecule has 0 unspecified atom stereocenters. The first-order valence-electron chi connectivity index (χ1n) is 9.37. The standard InChI is InChI=1S/C21H22N4O2S/c1-14-7-8-19(28-14)17-13-18(24-23-17)20(26)22-16-9-11-25(12-10-16)21(27)15-5-3-2-4-6-15/h2-8,13,16H,9-12H2,1H3,(H,22,26)(H,23,24). The number of amides is 2. The second-order valence-corrected chi connectivity index (χ2v) is 8.27. The van der Waals surface area contributed by atoms with E-state index in [0.29, 0.717) is 24.3 Å². The molecular weight excluding hydrogens is 372 g/mol. The highest BCUT2D eigenvalue weighted by atomic mass is 32.1. The van der Waals surface area contributed by atoms with Crippen LogP contribution in [0.1, 0.15) is 38.6 Å². The van der Waals surface area contributed by atoms with E-state index in [-0.39, 0.29) is 17.9 Å². The minimum Gasteiger partial charge on any atom is -0.348 e. The Kier molecular flexibility index (Phi) is 5.25. The number of aryl methyl sites for hydroxylation is 1. The van der Waals surface area contributed by atoms with Crippen LogP contribution in [0.3, 0.4) is 0 Å². The van der Waals surface area contributed by atoms with Crippen molar-refractivity contribution in [2.45, 2.75) is 25.8 Å². The Labute approximate surface area is 167 Å². The molecule has 1 aliphatic heterocycles. The van der Waals surface area contributed by atoms with Crippen LogP contribution >= 0.6 is 11.3 Å². The van der Waals surface area contributed by atoms with E-state index in [1.807, 2.05) is 54.3 Å². The smallest absolute Gasteiger partial charge is 0.272 e. The van der Waals surface area contributed by atoms with E-state index in [2.05, 4.69) is 15.5 Å². The van der Waals surface area contributed by atoms with Gasteiger partial charge in [0.15, 0.2) is 5.69 Å². The molecule has 4 rings (SSSR count). The van der Waals surface area contributed by atoms with Crippen LogP contribution in [-0.4, -0.2) is 46.0 Å². The molecule has 28 heavy (non-hydrogen) atoms. The fourth-order valence-electron chi connectivity index (χ4n) is 3.39. The van der Waals surface area contributed by atoms with E-state index in [0.717, 1.165) is 23.4 Å². The summed E-state index contributed by atoms with van der Waals surface area (Å²) in [5.74, 6) is -0.128. The Morgan fingerprint density at radius 3 is 2.57 bits per heavy atom. The van der Waals surface area contributed by atoms with Gasteiger partial charge in [0.2, 0.25) is 0 Å². The predicted octanol–water partition coefficient (Wildman–Crippen LogP) is 3.48. The summed E-state index contributed by atoms with van der Waals surface area (Å²) in [5, 5.41) is 10.1. The average Bonchev–Trinajstić information content (AvgIpc) is 3.38. The van der Waals surface area contributed by atoms with E-state index < -0.39 is 0 Å². The third kappa shape index (κ3) is 3.99. The maximum Gasteiger partial charge on any atom is 0.272 e. The molecule has 3 aromatic rings. The van der Waals surface area contributed by atoms with Gasteiger partial charge in [-0.3, -0.25) is 14.7 Å². The fraction of sp³-hybridized carbons (Fsp3) is 0.286. The Hall–Kier alpha value is -2.93. The average molecular weight is 395 g/mol. The number of hydrogen-bond donors (Lipinski definition) is 2. The first-order chi connectivity index (χ1) is 13.6. The first-order valence-corrected chi connectivity index (χ1v) is 10.2. The third-order valence-electron chi connectivity index (χ3n) is 4.95. The van der Waals surface area contributed by atoms with Crippen molar-refractivity contribution in [3.63, 3.8) is 0 Å². The lowest BCUT2D eigenvalue weighted by Crippen LogP contribution is -2.46. The van der Waals surface area contributed by atoms with Gasteiger partial charge in [-0.2, -0.15) is 5.10 Å². The van der Waals surface area contributed by atoms with Crippen molar-refractivity contribution >= 4 is 23.2 Å². The van der Waals surface area contributed by atoms with Crippen molar-refractivity contribution in [1.29, 1.82) is 0 Å². The number of likely N-dealkylation sites (tertiary alicyclic amines) is 1. The van der Waals surface area contributed by atoms with Crippen molar-refractivity contribution in [3.05, 3.63) is 64.7 Å². The van der Waals surface area contributed by atoms with Crippen molar-refractivity contribution in [3.8, 4) is 10.6 Å². The lowest BCUT2D eigenvalue weighted by Gasteiger charge is -2.32. The van der Waals surface area contributed by atoms with Crippen LogP contribution < -0.4 is 5.32 Å². The Balaban J connectivity index is 1.32. The normalized spacial score (nSPS) is 14.8. The van der Waals surface area contributed by atoms with Crippen LogP contribution in [0.25, 0.3) is 10.6 Å². The summed E-state index contributed by atoms with van der Waals surface area (Å²) in [6.07, 6.45) is 1.48. The van der Waals surface area contributed by atoms with E-state index in [1.165, 1.54) is 4.88 Å². The number of H-pyrrole nitrogens is 1. The molecule has 6 nitrogen and oxygen atoms in total. The molecule has 1 fully saturated rings. The number of aromatic nitrogens is 2. The Morgan fingerprint density at radius 1 is 1.14 bits per heavy atom. The van der Waals surface area contributed by atoms with E-state index in [1.54, 1.807) is 17.4 Å². The number of aromatic amines is 1. The number of nitrogens with zero attached hydrogens (tertiary/aromatic N) is 2. The van der Waals surface area contributed by atoms with Crippen LogP contribution in [-0.2, 0) is 0 Å². The van der Waals surface area contributed by atoms with Gasteiger partial charge < -0.3 is 10.2 Å². The van der Waals surface area contributed by atoms with Crippen LogP contribution in [0.2, 0.25) is 0 Å². The molecule has 1 aliphatic rings. The predicted molar refractivity (Wildman–Crippen MR) is 109 cm³/mol. The van der Waals surface area contributed by atoms with Crippen LogP contribution in [0.5, 0.6) is 0 Å². The molecule has 0 aliphatic carbocycles. The van der Waals surface area contributed by atoms with Crippen LogP contribution in [0, 0.1) is 6.92 Å². The van der Waals surface area contributed by atoms with Gasteiger partial charge in [-0.25, -0.2) is 0 Å². The van der Waals surface area contributed by atoms with Crippen molar-refractivity contribution in [1.82, 2.24) is 20.4 Å². The summed E-state index contributed by atoms with van der Waals surface area (Å²) >= 11 is 1.66. The first kappa shape index (κ1) is 18.4. The van der Waals surface area contributed by atoms with Crippen molar-refractivity contribution in [2.24, 2.45) is 0 Å². The van der Waals surface area contributed by atoms with Crippen molar-refractivity contribution in [2.75, 3.05) is 13.1 Å². The molecule has 0 bridgehead atoms. The molecule has 0 atom stereocenters. The molecule has 2 N–H and O–H groups in total. The lowest BCUT2D eigenvalue weighted by molar-refractivity contribution is 0.0697. The van der Waals surface area contributed by atoms with Gasteiger partial charge in [0.05, 0.1) is 10.6 Å². The summed E-state index contributed by atoms with van der Waals surface area (Å²) in [6.45, 7) is 3.32. The molecule has 7 heteroatoms. The minimum absolute atomic E-state index is 0.0496. The summed E-state index contributed by atoms with van der Waals surface area (Å²) < 4.78 is 0. The number of thiophene rings is 1. The molecule has 0 spiro atoms. The monoisotopic (exact) mass is 394 g/mol. The Bertz CT molecular complexity index is 971. The van der Waals surface area contributed by atoms with Gasteiger partial charge in [-0.15, -0.1) is 11.3 Å². The molecule has 2 aromatic heterocycles. The van der Waals surface area contributed by atoms with E-state index in [9.17, 15) is 9.59 Å². The molecule has 144 valence electrons. The van der Waals surface area contributed by atoms with E-state index in [4.69, 9.17) is 0 Å². The number of carbonyl (C=O) groups excluding carboxylic acids is 2. The molecular formula is C21H22N4O2S. The fourth-order valence-corrected chi connectivity index (χ4v) is 4.23. The summed E-state index contributed by atoms with van der Waals surface area (Å²) in [5.41, 5.74) is 1.95. The molecule has 2 amide bonds. The zero-order valence-corrected chi connectivity index (χ0v) is 16.5. The number of hydrogen-bond acceptors (Lipinski definition) is 4. The molecule has 0 saturated carbocycles. The Morgan fingerprint density at radius 2 is 1.89 bits per heavy atom. The number of nitrogens with one attached hydrogen (secondary N) is 2. The van der Waals surface area contributed by atoms with Crippen molar-refractivity contribution < 1.29 is 9.59 Å². The zero-order chi connectivity index (χ0) is 19.5. The summed E-state index contributed by atoms with van der Waals surface area (Å²) in [7, 11) is 0. The number of carbonyl (C=O) groups is 2. The van der Waals surface area contributed by atoms with Gasteiger partial charge in [-0.05, 0) is 50.1 Å². The zero-order valence-electron chi connectivity index (χ0n) is 15.6. The lowest BCUT2D eigenvalue weighted by atomic mass is 10.0. The maximum absolute atomic E-state index is 12.5. The van der Waals surface area contributed by atoms with Gasteiger partial charge in [0, 0.05) is 29.6 Å². The minimum atomic E-state index is -0.177. The highest BCUT2D eigenvalue weighted by molar-refractivity contribution is 7.15. The second-order valence-electron chi connectivity index (χ2n) is 6.98. The molecule has 1 saturated heterocycles. The topological polar surface area (TPSA) is 78.1 Å². The van der Waals surface area contributed by atoms with E-state index >= 15 is 0 Å². The number of rotatable bonds is 4. The highest BCUT2D eigenvalue weighted by Crippen LogP contribution is 2.26. The summed E-state index contributed by atoms with van der Waals surface area (Å²) in [4.78, 5) is 29.2.